The second kappa shape index (κ2) is 6.63. The third-order valence-corrected chi connectivity index (χ3v) is 5.55. The van der Waals surface area contributed by atoms with Crippen molar-refractivity contribution in [2.45, 2.75) is 4.90 Å². The van der Waals surface area contributed by atoms with E-state index in [0.29, 0.717) is 0 Å². The highest BCUT2D eigenvalue weighted by molar-refractivity contribution is 7.99. The number of aromatic amines is 1. The van der Waals surface area contributed by atoms with Crippen LogP contribution in [0.4, 0.5) is 11.4 Å². The topological polar surface area (TPSA) is 39.1 Å². The van der Waals surface area contributed by atoms with Crippen LogP contribution < -0.4 is 10.3 Å². The molecule has 5 heteroatoms. The van der Waals surface area contributed by atoms with Gasteiger partial charge in [-0.3, -0.25) is 0 Å². The molecule has 0 atom stereocenters. The third-order valence-electron chi connectivity index (χ3n) is 3.75. The lowest BCUT2D eigenvalue weighted by molar-refractivity contribution is -0.344. The maximum atomic E-state index is 4.39. The Labute approximate surface area is 148 Å². The van der Waals surface area contributed by atoms with Gasteiger partial charge in [-0.2, -0.15) is 0 Å². The molecule has 2 aromatic heterocycles. The molecule has 24 heavy (non-hydrogen) atoms. The van der Waals surface area contributed by atoms with Crippen molar-refractivity contribution in [3.8, 4) is 0 Å². The van der Waals surface area contributed by atoms with Crippen LogP contribution in [0.3, 0.4) is 0 Å². The molecule has 4 rings (SSSR count). The maximum absolute atomic E-state index is 4.39. The Hall–Kier alpha value is -2.37. The van der Waals surface area contributed by atoms with Gasteiger partial charge in [0.05, 0.1) is 26.8 Å². The molecule has 4 aromatic rings. The summed E-state index contributed by atoms with van der Waals surface area (Å²) in [6.07, 6.45) is 3.89. The number of aromatic nitrogens is 2. The van der Waals surface area contributed by atoms with Crippen molar-refractivity contribution in [3.63, 3.8) is 0 Å². The number of nitrogens with zero attached hydrogens (tertiary/aromatic N) is 1. The molecule has 0 saturated carbocycles. The van der Waals surface area contributed by atoms with E-state index in [0.717, 1.165) is 28.2 Å². The second-order valence-electron chi connectivity index (χ2n) is 5.36. The molecular formula is C19H16N3S2+. The third kappa shape index (κ3) is 3.00. The molecule has 0 saturated heterocycles. The Morgan fingerprint density at radius 3 is 3.08 bits per heavy atom. The lowest BCUT2D eigenvalue weighted by Crippen LogP contribution is -2.04. The summed E-state index contributed by atoms with van der Waals surface area (Å²) in [6.45, 7) is 3.79. The average molecular weight is 350 g/mol. The molecule has 2 heterocycles. The Kier molecular flexibility index (Phi) is 4.19. The lowest BCUT2D eigenvalue weighted by atomic mass is 10.2. The molecule has 3 nitrogen and oxygen atoms in total. The van der Waals surface area contributed by atoms with Crippen LogP contribution in [-0.2, 0) is 0 Å². The zero-order chi connectivity index (χ0) is 16.4. The van der Waals surface area contributed by atoms with Gasteiger partial charge in [0, 0.05) is 28.5 Å². The van der Waals surface area contributed by atoms with Crippen molar-refractivity contribution in [3.05, 3.63) is 66.8 Å². The van der Waals surface area contributed by atoms with Gasteiger partial charge in [-0.05, 0) is 30.3 Å². The van der Waals surface area contributed by atoms with Crippen LogP contribution >= 0.6 is 23.1 Å². The van der Waals surface area contributed by atoms with Gasteiger partial charge in [-0.25, -0.2) is 9.97 Å². The first-order valence-corrected chi connectivity index (χ1v) is 9.48. The number of hydrogen-bond acceptors (Lipinski definition) is 4. The fourth-order valence-corrected chi connectivity index (χ4v) is 3.96. The number of fused-ring (bicyclic) bond motifs is 2. The Morgan fingerprint density at radius 1 is 1.21 bits per heavy atom. The van der Waals surface area contributed by atoms with Crippen LogP contribution in [-0.4, -0.2) is 10.7 Å². The van der Waals surface area contributed by atoms with Crippen LogP contribution in [0.15, 0.2) is 71.7 Å². The van der Waals surface area contributed by atoms with Crippen LogP contribution in [0.1, 0.15) is 0 Å². The number of thiazole rings is 1. The van der Waals surface area contributed by atoms with Crippen LogP contribution in [0.2, 0.25) is 0 Å². The monoisotopic (exact) mass is 350 g/mol. The molecule has 0 unspecified atom stereocenters. The highest BCUT2D eigenvalue weighted by Gasteiger charge is 2.09. The number of hydrogen-bond donors (Lipinski definition) is 1. The minimum Gasteiger partial charge on any atom is -0.355 e. The van der Waals surface area contributed by atoms with Crippen molar-refractivity contribution in [2.24, 2.45) is 0 Å². The Bertz CT molecular complexity index is 1020. The van der Waals surface area contributed by atoms with Crippen molar-refractivity contribution in [1.29, 1.82) is 0 Å². The SMILES string of the molecule is C=CCSc1ccc2[nH+]ccc(Nc3ccc4scnc4c3)c2c1. The highest BCUT2D eigenvalue weighted by atomic mass is 32.2. The Morgan fingerprint density at radius 2 is 2.17 bits per heavy atom. The molecule has 0 radical (unpaired) electrons. The molecule has 0 aliphatic rings. The second-order valence-corrected chi connectivity index (χ2v) is 7.34. The van der Waals surface area contributed by atoms with Gasteiger partial charge < -0.3 is 5.32 Å². The Balaban J connectivity index is 1.72. The van der Waals surface area contributed by atoms with E-state index in [-0.39, 0.29) is 0 Å². The van der Waals surface area contributed by atoms with E-state index < -0.39 is 0 Å². The summed E-state index contributed by atoms with van der Waals surface area (Å²) in [5.74, 6) is 0.908. The fourth-order valence-electron chi connectivity index (χ4n) is 2.62. The summed E-state index contributed by atoms with van der Waals surface area (Å²) in [5, 5.41) is 4.70. The smallest absolute Gasteiger partial charge is 0.212 e. The lowest BCUT2D eigenvalue weighted by Gasteiger charge is -2.08. The predicted octanol–water partition coefficient (Wildman–Crippen LogP) is 5.29. The van der Waals surface area contributed by atoms with E-state index in [9.17, 15) is 0 Å². The average Bonchev–Trinajstić information content (AvgIpc) is 3.08. The number of H-pyrrole nitrogens is 1. The number of thioether (sulfide) groups is 1. The van der Waals surface area contributed by atoms with Crippen molar-refractivity contribution in [1.82, 2.24) is 4.98 Å². The van der Waals surface area contributed by atoms with E-state index in [4.69, 9.17) is 0 Å². The highest BCUT2D eigenvalue weighted by Crippen LogP contribution is 2.29. The number of pyridine rings is 1. The molecule has 0 amide bonds. The van der Waals surface area contributed by atoms with E-state index in [1.165, 1.54) is 15.0 Å². The van der Waals surface area contributed by atoms with E-state index in [2.05, 4.69) is 64.3 Å². The molecular weight excluding hydrogens is 334 g/mol. The van der Waals surface area contributed by atoms with Gasteiger partial charge in [0.1, 0.15) is 0 Å². The molecule has 0 aliphatic carbocycles. The van der Waals surface area contributed by atoms with Gasteiger partial charge >= 0.3 is 0 Å². The van der Waals surface area contributed by atoms with E-state index >= 15 is 0 Å². The molecule has 0 spiro atoms. The van der Waals surface area contributed by atoms with Crippen molar-refractivity contribution in [2.75, 3.05) is 11.1 Å². The van der Waals surface area contributed by atoms with Gasteiger partial charge in [-0.15, -0.1) is 29.7 Å². The van der Waals surface area contributed by atoms with Crippen LogP contribution in [0.5, 0.6) is 0 Å². The summed E-state index contributed by atoms with van der Waals surface area (Å²) in [4.78, 5) is 8.93. The standard InChI is InChI=1S/C19H15N3S2/c1-2-9-23-14-4-5-16-15(11-14)17(7-8-20-16)22-13-3-6-19-18(10-13)21-12-24-19/h2-8,10-12H,1,9H2,(H,20,22)/p+1. The zero-order valence-electron chi connectivity index (χ0n) is 13.0. The first-order valence-electron chi connectivity index (χ1n) is 7.62. The summed E-state index contributed by atoms with van der Waals surface area (Å²) in [5.41, 5.74) is 6.14. The van der Waals surface area contributed by atoms with Crippen LogP contribution in [0.25, 0.3) is 21.1 Å². The zero-order valence-corrected chi connectivity index (χ0v) is 14.6. The first kappa shape index (κ1) is 15.2. The minimum atomic E-state index is 0.908. The number of rotatable bonds is 5. The van der Waals surface area contributed by atoms with Gasteiger partial charge in [-0.1, -0.05) is 6.08 Å². The van der Waals surface area contributed by atoms with Gasteiger partial charge in [0.2, 0.25) is 5.52 Å². The summed E-state index contributed by atoms with van der Waals surface area (Å²) in [7, 11) is 0. The van der Waals surface area contributed by atoms with Crippen LogP contribution in [0, 0.1) is 0 Å². The van der Waals surface area contributed by atoms with E-state index in [1.54, 1.807) is 23.1 Å². The predicted molar refractivity (Wildman–Crippen MR) is 104 cm³/mol. The summed E-state index contributed by atoms with van der Waals surface area (Å²) >= 11 is 3.44. The molecule has 0 aliphatic heterocycles. The number of benzene rings is 2. The van der Waals surface area contributed by atoms with Gasteiger partial charge in [0.15, 0.2) is 6.20 Å². The summed E-state index contributed by atoms with van der Waals surface area (Å²) < 4.78 is 1.20. The van der Waals surface area contributed by atoms with E-state index in [1.807, 2.05) is 17.8 Å². The molecule has 118 valence electrons. The quantitative estimate of drug-likeness (QED) is 0.393. The van der Waals surface area contributed by atoms with Crippen molar-refractivity contribution >= 4 is 55.6 Å². The largest absolute Gasteiger partial charge is 0.355 e. The summed E-state index contributed by atoms with van der Waals surface area (Å²) in [6, 6.07) is 14.8. The number of anilines is 2. The first-order chi connectivity index (χ1) is 11.8. The molecule has 2 aromatic carbocycles. The minimum absolute atomic E-state index is 0.908. The fraction of sp³-hybridized carbons (Fsp3) is 0.0526. The normalized spacial score (nSPS) is 11.0. The van der Waals surface area contributed by atoms with Crippen molar-refractivity contribution < 1.29 is 4.98 Å². The molecule has 0 bridgehead atoms. The molecule has 2 N–H and O–H groups in total. The van der Waals surface area contributed by atoms with Gasteiger partial charge in [0.25, 0.3) is 0 Å². The number of nitrogens with one attached hydrogen (secondary N) is 2. The molecule has 0 fully saturated rings. The maximum Gasteiger partial charge on any atom is 0.212 e.